The van der Waals surface area contributed by atoms with E-state index in [0.29, 0.717) is 12.1 Å². The second kappa shape index (κ2) is 7.25. The first-order valence-electron chi connectivity index (χ1n) is 6.47. The molecule has 0 saturated carbocycles. The molecule has 0 spiro atoms. The van der Waals surface area contributed by atoms with E-state index in [1.807, 2.05) is 0 Å². The second-order valence-corrected chi connectivity index (χ2v) is 5.58. The number of nitrogens with one attached hydrogen (secondary N) is 1. The second-order valence-electron chi connectivity index (χ2n) is 5.58. The topological polar surface area (TPSA) is 35.5 Å². The van der Waals surface area contributed by atoms with Crippen LogP contribution < -0.4 is 5.32 Å². The maximum atomic E-state index is 9.54. The lowest BCUT2D eigenvalue weighted by molar-refractivity contribution is 0.0971. The molecule has 0 bridgehead atoms. The monoisotopic (exact) mass is 230 g/mol. The molecule has 0 rings (SSSR count). The quantitative estimate of drug-likeness (QED) is 0.668. The molecule has 0 aromatic rings. The molecule has 0 radical (unpaired) electrons. The van der Waals surface area contributed by atoms with Crippen LogP contribution in [-0.4, -0.2) is 47.3 Å². The summed E-state index contributed by atoms with van der Waals surface area (Å²) in [5.74, 6) is 0. The SMILES string of the molecule is CCCN(CC(C)(CO)NC(C)C)C(C)C. The summed E-state index contributed by atoms with van der Waals surface area (Å²) >= 11 is 0. The van der Waals surface area contributed by atoms with E-state index in [1.165, 1.54) is 0 Å². The number of hydrogen-bond donors (Lipinski definition) is 2. The molecule has 16 heavy (non-hydrogen) atoms. The molecule has 3 nitrogen and oxygen atoms in total. The predicted molar refractivity (Wildman–Crippen MR) is 70.8 cm³/mol. The Morgan fingerprint density at radius 3 is 2.12 bits per heavy atom. The van der Waals surface area contributed by atoms with Gasteiger partial charge in [-0.2, -0.15) is 0 Å². The molecule has 1 atom stereocenters. The van der Waals surface area contributed by atoms with Crippen LogP contribution in [0.2, 0.25) is 0 Å². The van der Waals surface area contributed by atoms with Crippen molar-refractivity contribution in [3.63, 3.8) is 0 Å². The minimum Gasteiger partial charge on any atom is -0.394 e. The minimum absolute atomic E-state index is 0.179. The number of aliphatic hydroxyl groups is 1. The Labute approximate surface area is 101 Å². The van der Waals surface area contributed by atoms with Crippen molar-refractivity contribution in [2.24, 2.45) is 0 Å². The zero-order valence-electron chi connectivity index (χ0n) is 11.9. The highest BCUT2D eigenvalue weighted by Gasteiger charge is 2.27. The largest absolute Gasteiger partial charge is 0.394 e. The molecular formula is C13H30N2O. The fourth-order valence-corrected chi connectivity index (χ4v) is 2.09. The summed E-state index contributed by atoms with van der Waals surface area (Å²) in [7, 11) is 0. The molecule has 3 heteroatoms. The highest BCUT2D eigenvalue weighted by atomic mass is 16.3. The molecule has 0 fully saturated rings. The van der Waals surface area contributed by atoms with Gasteiger partial charge in [0.15, 0.2) is 0 Å². The Kier molecular flexibility index (Phi) is 7.20. The molecular weight excluding hydrogens is 200 g/mol. The van der Waals surface area contributed by atoms with Gasteiger partial charge in [-0.15, -0.1) is 0 Å². The zero-order chi connectivity index (χ0) is 12.8. The van der Waals surface area contributed by atoms with Crippen LogP contribution in [0.4, 0.5) is 0 Å². The molecule has 2 N–H and O–H groups in total. The van der Waals surface area contributed by atoms with Crippen LogP contribution in [0.3, 0.4) is 0 Å². The summed E-state index contributed by atoms with van der Waals surface area (Å²) in [6.45, 7) is 15.1. The summed E-state index contributed by atoms with van der Waals surface area (Å²) in [5.41, 5.74) is -0.201. The normalized spacial score (nSPS) is 16.1. The number of aliphatic hydroxyl groups excluding tert-OH is 1. The van der Waals surface area contributed by atoms with Gasteiger partial charge < -0.3 is 10.4 Å². The van der Waals surface area contributed by atoms with Gasteiger partial charge in [-0.25, -0.2) is 0 Å². The first kappa shape index (κ1) is 15.9. The van der Waals surface area contributed by atoms with Crippen molar-refractivity contribution in [1.82, 2.24) is 10.2 Å². The highest BCUT2D eigenvalue weighted by Crippen LogP contribution is 2.11. The van der Waals surface area contributed by atoms with Gasteiger partial charge in [0.1, 0.15) is 0 Å². The van der Waals surface area contributed by atoms with Crippen LogP contribution >= 0.6 is 0 Å². The van der Waals surface area contributed by atoms with Crippen molar-refractivity contribution in [2.45, 2.75) is 65.6 Å². The Hall–Kier alpha value is -0.120. The molecule has 0 aliphatic heterocycles. The van der Waals surface area contributed by atoms with Gasteiger partial charge in [-0.3, -0.25) is 4.90 Å². The lowest BCUT2D eigenvalue weighted by atomic mass is 10.0. The van der Waals surface area contributed by atoms with Crippen molar-refractivity contribution in [3.05, 3.63) is 0 Å². The van der Waals surface area contributed by atoms with Crippen molar-refractivity contribution in [2.75, 3.05) is 19.7 Å². The molecule has 1 unspecified atom stereocenters. The third-order valence-corrected chi connectivity index (χ3v) is 2.78. The van der Waals surface area contributed by atoms with Gasteiger partial charge in [-0.1, -0.05) is 20.8 Å². The van der Waals surface area contributed by atoms with Gasteiger partial charge in [0, 0.05) is 18.6 Å². The maximum Gasteiger partial charge on any atom is 0.0623 e. The van der Waals surface area contributed by atoms with Crippen LogP contribution in [0.5, 0.6) is 0 Å². The molecule has 0 amide bonds. The van der Waals surface area contributed by atoms with E-state index in [1.54, 1.807) is 0 Å². The molecule has 0 heterocycles. The molecule has 0 aromatic carbocycles. The Bertz CT molecular complexity index is 183. The average molecular weight is 230 g/mol. The Morgan fingerprint density at radius 2 is 1.81 bits per heavy atom. The van der Waals surface area contributed by atoms with Crippen molar-refractivity contribution < 1.29 is 5.11 Å². The van der Waals surface area contributed by atoms with Gasteiger partial charge in [0.25, 0.3) is 0 Å². The van der Waals surface area contributed by atoms with E-state index in [9.17, 15) is 5.11 Å². The third kappa shape index (κ3) is 5.83. The third-order valence-electron chi connectivity index (χ3n) is 2.78. The first-order valence-corrected chi connectivity index (χ1v) is 6.47. The summed E-state index contributed by atoms with van der Waals surface area (Å²) in [5, 5.41) is 13.0. The van der Waals surface area contributed by atoms with E-state index in [4.69, 9.17) is 0 Å². The van der Waals surface area contributed by atoms with Gasteiger partial charge in [0.05, 0.1) is 12.1 Å². The summed E-state index contributed by atoms with van der Waals surface area (Å²) < 4.78 is 0. The molecule has 98 valence electrons. The fourth-order valence-electron chi connectivity index (χ4n) is 2.09. The number of rotatable bonds is 8. The lowest BCUT2D eigenvalue weighted by Crippen LogP contribution is -2.57. The van der Waals surface area contributed by atoms with Crippen LogP contribution in [0, 0.1) is 0 Å². The van der Waals surface area contributed by atoms with Crippen LogP contribution in [0.25, 0.3) is 0 Å². The maximum absolute atomic E-state index is 9.54. The number of nitrogens with zero attached hydrogens (tertiary/aromatic N) is 1. The van der Waals surface area contributed by atoms with Crippen molar-refractivity contribution in [3.8, 4) is 0 Å². The van der Waals surface area contributed by atoms with E-state index in [-0.39, 0.29) is 12.1 Å². The fraction of sp³-hybridized carbons (Fsp3) is 1.00. The van der Waals surface area contributed by atoms with E-state index >= 15 is 0 Å². The molecule has 0 saturated heterocycles. The van der Waals surface area contributed by atoms with Crippen molar-refractivity contribution >= 4 is 0 Å². The Balaban J connectivity index is 4.46. The highest BCUT2D eigenvalue weighted by molar-refractivity contribution is 4.88. The summed E-state index contributed by atoms with van der Waals surface area (Å²) in [6, 6.07) is 0.924. The molecule has 0 aromatic heterocycles. The average Bonchev–Trinajstić information content (AvgIpc) is 2.16. The zero-order valence-corrected chi connectivity index (χ0v) is 11.9. The van der Waals surface area contributed by atoms with E-state index in [0.717, 1.165) is 19.5 Å². The summed E-state index contributed by atoms with van der Waals surface area (Å²) in [4.78, 5) is 2.42. The van der Waals surface area contributed by atoms with Gasteiger partial charge in [-0.05, 0) is 33.7 Å². The molecule has 0 aliphatic carbocycles. The van der Waals surface area contributed by atoms with Gasteiger partial charge >= 0.3 is 0 Å². The minimum atomic E-state index is -0.201. The van der Waals surface area contributed by atoms with E-state index in [2.05, 4.69) is 51.8 Å². The van der Waals surface area contributed by atoms with Gasteiger partial charge in [0.2, 0.25) is 0 Å². The van der Waals surface area contributed by atoms with E-state index < -0.39 is 0 Å². The first-order chi connectivity index (χ1) is 7.34. The standard InChI is InChI=1S/C13H30N2O/c1-7-8-15(12(4)5)9-13(6,10-16)14-11(2)3/h11-12,14,16H,7-10H2,1-6H3. The predicted octanol–water partition coefficient (Wildman–Crippen LogP) is 1.86. The lowest BCUT2D eigenvalue weighted by Gasteiger charge is -2.38. The van der Waals surface area contributed by atoms with Crippen LogP contribution in [0.1, 0.15) is 48.0 Å². The molecule has 0 aliphatic rings. The Morgan fingerprint density at radius 1 is 1.25 bits per heavy atom. The van der Waals surface area contributed by atoms with Crippen LogP contribution in [0.15, 0.2) is 0 Å². The van der Waals surface area contributed by atoms with Crippen LogP contribution in [-0.2, 0) is 0 Å². The van der Waals surface area contributed by atoms with Crippen molar-refractivity contribution in [1.29, 1.82) is 0 Å². The summed E-state index contributed by atoms with van der Waals surface area (Å²) in [6.07, 6.45) is 1.15. The number of hydrogen-bond acceptors (Lipinski definition) is 3. The smallest absolute Gasteiger partial charge is 0.0623 e.